The first kappa shape index (κ1) is 11.8. The molecule has 1 heterocycles. The van der Waals surface area contributed by atoms with Crippen molar-refractivity contribution in [2.24, 2.45) is 0 Å². The van der Waals surface area contributed by atoms with Gasteiger partial charge in [-0.3, -0.25) is 0 Å². The molecule has 1 aromatic heterocycles. The molecule has 4 nitrogen and oxygen atoms in total. The maximum atomic E-state index is 5.54. The maximum Gasteiger partial charge on any atom is 0.221 e. The van der Waals surface area contributed by atoms with Crippen LogP contribution in [0.4, 0.5) is 11.8 Å². The van der Waals surface area contributed by atoms with Gasteiger partial charge in [0.05, 0.1) is 0 Å². The molecular formula is C11H20N4. The Morgan fingerprint density at radius 1 is 1.53 bits per heavy atom. The molecule has 4 heteroatoms. The summed E-state index contributed by atoms with van der Waals surface area (Å²) in [6, 6.07) is 0.429. The lowest BCUT2D eigenvalue weighted by Gasteiger charge is -2.15. The van der Waals surface area contributed by atoms with Gasteiger partial charge in [0.25, 0.3) is 0 Å². The van der Waals surface area contributed by atoms with Crippen molar-refractivity contribution in [3.63, 3.8) is 0 Å². The molecule has 0 aromatic carbocycles. The minimum atomic E-state index is 0.325. The number of unbranched alkanes of at least 4 members (excludes halogenated alkanes) is 1. The first-order valence-corrected chi connectivity index (χ1v) is 5.49. The molecule has 0 amide bonds. The summed E-state index contributed by atoms with van der Waals surface area (Å²) in [6.07, 6.45) is 5.35. The fraction of sp³-hybridized carbons (Fsp3) is 0.636. The summed E-state index contributed by atoms with van der Waals surface area (Å²) < 4.78 is 0. The number of hydrogen-bond acceptors (Lipinski definition) is 4. The molecule has 0 bridgehead atoms. The first-order valence-electron chi connectivity index (χ1n) is 5.49. The second-order valence-electron chi connectivity index (χ2n) is 3.95. The fourth-order valence-corrected chi connectivity index (χ4v) is 1.42. The van der Waals surface area contributed by atoms with Crippen LogP contribution >= 0.6 is 0 Å². The van der Waals surface area contributed by atoms with E-state index in [0.29, 0.717) is 12.0 Å². The number of nitrogens with one attached hydrogen (secondary N) is 1. The van der Waals surface area contributed by atoms with Gasteiger partial charge in [0.2, 0.25) is 5.95 Å². The van der Waals surface area contributed by atoms with Crippen LogP contribution in [-0.4, -0.2) is 16.0 Å². The summed E-state index contributed by atoms with van der Waals surface area (Å²) in [5.74, 6) is 1.18. The molecule has 1 aromatic rings. The number of aryl methyl sites for hydroxylation is 1. The highest BCUT2D eigenvalue weighted by Crippen LogP contribution is 2.13. The Labute approximate surface area is 91.3 Å². The molecule has 0 saturated heterocycles. The van der Waals surface area contributed by atoms with Crippen molar-refractivity contribution in [1.82, 2.24) is 9.97 Å². The van der Waals surface area contributed by atoms with Gasteiger partial charge in [-0.05, 0) is 20.3 Å². The van der Waals surface area contributed by atoms with Gasteiger partial charge in [0, 0.05) is 17.8 Å². The molecule has 0 aliphatic carbocycles. The van der Waals surface area contributed by atoms with E-state index < -0.39 is 0 Å². The summed E-state index contributed by atoms with van der Waals surface area (Å²) >= 11 is 0. The smallest absolute Gasteiger partial charge is 0.221 e. The van der Waals surface area contributed by atoms with Crippen molar-refractivity contribution in [1.29, 1.82) is 0 Å². The Kier molecular flexibility index (Phi) is 4.34. The highest BCUT2D eigenvalue weighted by Gasteiger charge is 2.05. The van der Waals surface area contributed by atoms with E-state index >= 15 is 0 Å². The van der Waals surface area contributed by atoms with Gasteiger partial charge < -0.3 is 11.1 Å². The zero-order chi connectivity index (χ0) is 11.3. The van der Waals surface area contributed by atoms with Gasteiger partial charge in [-0.1, -0.05) is 19.8 Å². The van der Waals surface area contributed by atoms with Crippen LogP contribution in [0.1, 0.15) is 38.7 Å². The van der Waals surface area contributed by atoms with Gasteiger partial charge in [-0.2, -0.15) is 4.98 Å². The number of rotatable bonds is 5. The van der Waals surface area contributed by atoms with E-state index in [2.05, 4.69) is 29.1 Å². The molecule has 0 spiro atoms. The van der Waals surface area contributed by atoms with E-state index in [1.165, 1.54) is 12.8 Å². The number of nitrogens with two attached hydrogens (primary N) is 1. The third-order valence-electron chi connectivity index (χ3n) is 2.36. The Hall–Kier alpha value is -1.32. The summed E-state index contributed by atoms with van der Waals surface area (Å²) in [5, 5.41) is 3.35. The Balaban J connectivity index is 2.59. The molecule has 0 aliphatic heterocycles. The van der Waals surface area contributed by atoms with Crippen molar-refractivity contribution in [3.05, 3.63) is 11.8 Å². The van der Waals surface area contributed by atoms with Crippen LogP contribution in [0, 0.1) is 6.92 Å². The van der Waals surface area contributed by atoms with Gasteiger partial charge in [0.15, 0.2) is 0 Å². The van der Waals surface area contributed by atoms with Crippen LogP contribution in [0.15, 0.2) is 6.20 Å². The van der Waals surface area contributed by atoms with E-state index in [1.54, 1.807) is 6.20 Å². The Bertz CT molecular complexity index is 311. The Morgan fingerprint density at radius 3 is 2.93 bits per heavy atom. The highest BCUT2D eigenvalue weighted by atomic mass is 15.1. The standard InChI is InChI=1S/C11H20N4/c1-4-5-6-9(3)14-10-8(2)7-13-11(12)15-10/h7,9H,4-6H2,1-3H3,(H3,12,13,14,15). The summed E-state index contributed by atoms with van der Waals surface area (Å²) in [6.45, 7) is 6.34. The predicted molar refractivity (Wildman–Crippen MR) is 63.8 cm³/mol. The number of aromatic nitrogens is 2. The number of nitrogens with zero attached hydrogens (tertiary/aromatic N) is 2. The minimum absolute atomic E-state index is 0.325. The van der Waals surface area contributed by atoms with Crippen LogP contribution in [0.5, 0.6) is 0 Å². The lowest BCUT2D eigenvalue weighted by molar-refractivity contribution is 0.642. The van der Waals surface area contributed by atoms with Gasteiger partial charge >= 0.3 is 0 Å². The summed E-state index contributed by atoms with van der Waals surface area (Å²) in [5.41, 5.74) is 6.58. The highest BCUT2D eigenvalue weighted by molar-refractivity contribution is 5.45. The van der Waals surface area contributed by atoms with Crippen molar-refractivity contribution in [2.75, 3.05) is 11.1 Å². The molecule has 1 unspecified atom stereocenters. The topological polar surface area (TPSA) is 63.8 Å². The SMILES string of the molecule is CCCCC(C)Nc1nc(N)ncc1C. The van der Waals surface area contributed by atoms with Gasteiger partial charge in [-0.25, -0.2) is 4.98 Å². The Morgan fingerprint density at radius 2 is 2.27 bits per heavy atom. The molecule has 0 fully saturated rings. The molecule has 1 atom stereocenters. The largest absolute Gasteiger partial charge is 0.368 e. The minimum Gasteiger partial charge on any atom is -0.368 e. The molecule has 84 valence electrons. The third-order valence-corrected chi connectivity index (χ3v) is 2.36. The molecule has 3 N–H and O–H groups in total. The molecule has 0 saturated carbocycles. The zero-order valence-corrected chi connectivity index (χ0v) is 9.75. The monoisotopic (exact) mass is 208 g/mol. The van der Waals surface area contributed by atoms with Gasteiger partial charge in [0.1, 0.15) is 5.82 Å². The van der Waals surface area contributed by atoms with E-state index in [1.807, 2.05) is 6.92 Å². The quantitative estimate of drug-likeness (QED) is 0.779. The first-order chi connectivity index (χ1) is 7.13. The summed E-state index contributed by atoms with van der Waals surface area (Å²) in [4.78, 5) is 8.11. The molecular weight excluding hydrogens is 188 g/mol. The third kappa shape index (κ3) is 3.73. The van der Waals surface area contributed by atoms with E-state index in [0.717, 1.165) is 17.8 Å². The van der Waals surface area contributed by atoms with Crippen molar-refractivity contribution < 1.29 is 0 Å². The van der Waals surface area contributed by atoms with Gasteiger partial charge in [-0.15, -0.1) is 0 Å². The van der Waals surface area contributed by atoms with Crippen molar-refractivity contribution >= 4 is 11.8 Å². The second kappa shape index (κ2) is 5.53. The molecule has 15 heavy (non-hydrogen) atoms. The predicted octanol–water partition coefficient (Wildman–Crippen LogP) is 2.36. The fourth-order valence-electron chi connectivity index (χ4n) is 1.42. The van der Waals surface area contributed by atoms with Crippen LogP contribution in [0.3, 0.4) is 0 Å². The second-order valence-corrected chi connectivity index (χ2v) is 3.95. The van der Waals surface area contributed by atoms with Crippen molar-refractivity contribution in [3.8, 4) is 0 Å². The lowest BCUT2D eigenvalue weighted by Crippen LogP contribution is -2.17. The molecule has 0 aliphatic rings. The van der Waals surface area contributed by atoms with E-state index in [9.17, 15) is 0 Å². The normalized spacial score (nSPS) is 12.5. The maximum absolute atomic E-state index is 5.54. The van der Waals surface area contributed by atoms with Crippen LogP contribution in [0.2, 0.25) is 0 Å². The average molecular weight is 208 g/mol. The molecule has 0 radical (unpaired) electrons. The van der Waals surface area contributed by atoms with Crippen molar-refractivity contribution in [2.45, 2.75) is 46.1 Å². The zero-order valence-electron chi connectivity index (χ0n) is 9.75. The average Bonchev–Trinajstić information content (AvgIpc) is 2.20. The van der Waals surface area contributed by atoms with Crippen LogP contribution < -0.4 is 11.1 Å². The van der Waals surface area contributed by atoms with Crippen LogP contribution in [-0.2, 0) is 0 Å². The number of anilines is 2. The van der Waals surface area contributed by atoms with E-state index in [-0.39, 0.29) is 0 Å². The lowest BCUT2D eigenvalue weighted by atomic mass is 10.1. The number of nitrogen functional groups attached to an aromatic ring is 1. The molecule has 1 rings (SSSR count). The van der Waals surface area contributed by atoms with E-state index in [4.69, 9.17) is 5.73 Å². The summed E-state index contributed by atoms with van der Waals surface area (Å²) in [7, 11) is 0. The number of hydrogen-bond donors (Lipinski definition) is 2. The van der Waals surface area contributed by atoms with Crippen LogP contribution in [0.25, 0.3) is 0 Å².